The molecule has 0 radical (unpaired) electrons. The predicted octanol–water partition coefficient (Wildman–Crippen LogP) is 5.20. The number of nitrogens with one attached hydrogen (secondary N) is 1. The highest BCUT2D eigenvalue weighted by atomic mass is 35.5. The molecule has 0 amide bonds. The van der Waals surface area contributed by atoms with Crippen LogP contribution >= 0.6 is 23.2 Å². The van der Waals surface area contributed by atoms with Crippen molar-refractivity contribution in [3.8, 4) is 16.9 Å². The summed E-state index contributed by atoms with van der Waals surface area (Å²) >= 11 is 11.8. The minimum atomic E-state index is -4.57. The number of carboxylic acid groups (broad SMARTS) is 1. The number of aliphatic carboxylic acids is 1. The van der Waals surface area contributed by atoms with Gasteiger partial charge in [0.15, 0.2) is 12.4 Å². The van der Waals surface area contributed by atoms with Crippen molar-refractivity contribution in [3.63, 3.8) is 0 Å². The third kappa shape index (κ3) is 5.25. The van der Waals surface area contributed by atoms with Crippen molar-refractivity contribution < 1.29 is 31.8 Å². The van der Waals surface area contributed by atoms with Gasteiger partial charge in [-0.05, 0) is 23.8 Å². The van der Waals surface area contributed by atoms with Gasteiger partial charge in [-0.25, -0.2) is 22.0 Å². The second kappa shape index (κ2) is 9.09. The largest absolute Gasteiger partial charge is 0.479 e. The van der Waals surface area contributed by atoms with Gasteiger partial charge in [-0.2, -0.15) is 0 Å². The molecule has 0 saturated heterocycles. The second-order valence-corrected chi connectivity index (χ2v) is 8.68. The lowest BCUT2D eigenvalue weighted by Gasteiger charge is -2.15. The monoisotopic (exact) mass is 487 g/mol. The Hall–Kier alpha value is -2.88. The average Bonchev–Trinajstić information content (AvgIpc) is 2.69. The number of halogens is 4. The molecule has 0 aliphatic carbocycles. The fourth-order valence-electron chi connectivity index (χ4n) is 2.68. The van der Waals surface area contributed by atoms with E-state index in [-0.39, 0.29) is 15.6 Å². The van der Waals surface area contributed by atoms with Gasteiger partial charge in [0.25, 0.3) is 10.0 Å². The Morgan fingerprint density at radius 3 is 2.35 bits per heavy atom. The third-order valence-corrected chi connectivity index (χ3v) is 5.86. The normalized spacial score (nSPS) is 11.2. The maximum absolute atomic E-state index is 14.4. The molecule has 0 unspecified atom stereocenters. The molecule has 0 aromatic heterocycles. The van der Waals surface area contributed by atoms with Crippen molar-refractivity contribution in [2.75, 3.05) is 11.3 Å². The molecule has 0 fully saturated rings. The summed E-state index contributed by atoms with van der Waals surface area (Å²) in [6.07, 6.45) is 0. The summed E-state index contributed by atoms with van der Waals surface area (Å²) in [5.41, 5.74) is -0.177. The van der Waals surface area contributed by atoms with E-state index in [9.17, 15) is 22.0 Å². The molecule has 3 aromatic carbocycles. The van der Waals surface area contributed by atoms with Crippen molar-refractivity contribution in [1.82, 2.24) is 0 Å². The Morgan fingerprint density at radius 1 is 1.03 bits per heavy atom. The molecule has 0 spiro atoms. The van der Waals surface area contributed by atoms with E-state index in [0.717, 1.165) is 18.2 Å². The molecule has 0 aliphatic rings. The van der Waals surface area contributed by atoms with Crippen LogP contribution in [-0.4, -0.2) is 26.1 Å². The molecule has 0 aliphatic heterocycles. The van der Waals surface area contributed by atoms with Gasteiger partial charge in [-0.15, -0.1) is 0 Å². The first-order valence-corrected chi connectivity index (χ1v) is 10.7. The van der Waals surface area contributed by atoms with Crippen LogP contribution < -0.4 is 9.46 Å². The Morgan fingerprint density at radius 2 is 1.71 bits per heavy atom. The number of carbonyl (C=O) groups is 1. The maximum Gasteiger partial charge on any atom is 0.341 e. The first-order valence-electron chi connectivity index (χ1n) is 8.49. The molecule has 31 heavy (non-hydrogen) atoms. The highest BCUT2D eigenvalue weighted by Gasteiger charge is 2.26. The lowest BCUT2D eigenvalue weighted by atomic mass is 10.0. The molecular formula is C20H13Cl2F2NO5S. The number of ether oxygens (including phenoxy) is 1. The minimum absolute atomic E-state index is 0.0359. The van der Waals surface area contributed by atoms with Crippen molar-refractivity contribution >= 4 is 44.9 Å². The first kappa shape index (κ1) is 22.8. The Bertz CT molecular complexity index is 1250. The first-order chi connectivity index (χ1) is 14.6. The number of anilines is 1. The summed E-state index contributed by atoms with van der Waals surface area (Å²) in [7, 11) is -4.57. The van der Waals surface area contributed by atoms with Crippen LogP contribution in [0.4, 0.5) is 14.5 Å². The Balaban J connectivity index is 2.06. The zero-order valence-corrected chi connectivity index (χ0v) is 17.7. The van der Waals surface area contributed by atoms with E-state index in [0.29, 0.717) is 11.6 Å². The van der Waals surface area contributed by atoms with Crippen LogP contribution in [0.1, 0.15) is 0 Å². The minimum Gasteiger partial charge on any atom is -0.479 e. The molecule has 3 aromatic rings. The predicted molar refractivity (Wildman–Crippen MR) is 112 cm³/mol. The lowest BCUT2D eigenvalue weighted by molar-refractivity contribution is -0.139. The van der Waals surface area contributed by atoms with E-state index in [1.54, 1.807) is 30.3 Å². The summed E-state index contributed by atoms with van der Waals surface area (Å²) in [5, 5.41) is 8.46. The summed E-state index contributed by atoms with van der Waals surface area (Å²) < 4.78 is 61.5. The number of rotatable bonds is 7. The second-order valence-electron chi connectivity index (χ2n) is 6.18. The Kier molecular flexibility index (Phi) is 6.68. The molecule has 162 valence electrons. The summed E-state index contributed by atoms with van der Waals surface area (Å²) in [6.45, 7) is -0.882. The zero-order chi connectivity index (χ0) is 22.8. The van der Waals surface area contributed by atoms with Gasteiger partial charge >= 0.3 is 5.97 Å². The van der Waals surface area contributed by atoms with Crippen LogP contribution in [0.15, 0.2) is 59.5 Å². The summed E-state index contributed by atoms with van der Waals surface area (Å²) in [6, 6.07) is 11.8. The number of carboxylic acids is 1. The van der Waals surface area contributed by atoms with Crippen molar-refractivity contribution in [2.45, 2.75) is 4.90 Å². The van der Waals surface area contributed by atoms with Crippen molar-refractivity contribution in [2.24, 2.45) is 0 Å². The van der Waals surface area contributed by atoms with Crippen LogP contribution in [0.3, 0.4) is 0 Å². The van der Waals surface area contributed by atoms with E-state index in [4.69, 9.17) is 33.0 Å². The average molecular weight is 488 g/mol. The fourth-order valence-corrected chi connectivity index (χ4v) is 4.60. The quantitative estimate of drug-likeness (QED) is 0.477. The van der Waals surface area contributed by atoms with Crippen LogP contribution in [0, 0.1) is 11.6 Å². The van der Waals surface area contributed by atoms with Crippen molar-refractivity contribution in [1.29, 1.82) is 0 Å². The van der Waals surface area contributed by atoms with Gasteiger partial charge in [0.05, 0.1) is 10.7 Å². The maximum atomic E-state index is 14.4. The van der Waals surface area contributed by atoms with Gasteiger partial charge < -0.3 is 9.84 Å². The van der Waals surface area contributed by atoms with Crippen LogP contribution in [0.25, 0.3) is 11.1 Å². The molecule has 0 atom stereocenters. The summed E-state index contributed by atoms with van der Waals surface area (Å²) in [5.74, 6) is -3.91. The lowest BCUT2D eigenvalue weighted by Crippen LogP contribution is -2.17. The molecule has 0 heterocycles. The molecule has 6 nitrogen and oxygen atoms in total. The van der Waals surface area contributed by atoms with Gasteiger partial charge in [-0.3, -0.25) is 4.72 Å². The molecule has 0 bridgehead atoms. The van der Waals surface area contributed by atoms with Crippen LogP contribution in [0.5, 0.6) is 5.75 Å². The SMILES string of the molecule is O=C(O)COc1c(Cl)cc(Cl)cc1S(=O)(=O)Nc1cc(-c2ccccc2)c(F)cc1F. The van der Waals surface area contributed by atoms with Gasteiger partial charge in [0.1, 0.15) is 16.5 Å². The zero-order valence-electron chi connectivity index (χ0n) is 15.4. The van der Waals surface area contributed by atoms with Gasteiger partial charge in [-0.1, -0.05) is 53.5 Å². The van der Waals surface area contributed by atoms with Crippen LogP contribution in [-0.2, 0) is 14.8 Å². The van der Waals surface area contributed by atoms with Crippen LogP contribution in [0.2, 0.25) is 10.0 Å². The third-order valence-electron chi connectivity index (χ3n) is 3.99. The standard InChI is InChI=1S/C20H13Cl2F2NO5S/c21-12-6-14(22)20(30-10-19(26)27)18(7-12)31(28,29)25-17-8-13(15(23)9-16(17)24)11-4-2-1-3-5-11/h1-9,25H,10H2,(H,26,27). The number of benzene rings is 3. The van der Waals surface area contributed by atoms with E-state index >= 15 is 0 Å². The van der Waals surface area contributed by atoms with E-state index in [1.807, 2.05) is 4.72 Å². The molecular weight excluding hydrogens is 475 g/mol. The highest BCUT2D eigenvalue weighted by Crippen LogP contribution is 2.37. The molecule has 0 saturated carbocycles. The van der Waals surface area contributed by atoms with E-state index < -0.39 is 50.6 Å². The molecule has 3 rings (SSSR count). The molecule has 2 N–H and O–H groups in total. The van der Waals surface area contributed by atoms with Gasteiger partial charge in [0, 0.05) is 16.7 Å². The number of hydrogen-bond donors (Lipinski definition) is 2. The number of sulfonamides is 1. The fraction of sp³-hybridized carbons (Fsp3) is 0.0500. The van der Waals surface area contributed by atoms with E-state index in [1.165, 1.54) is 0 Å². The summed E-state index contributed by atoms with van der Waals surface area (Å²) in [4.78, 5) is 10.2. The van der Waals surface area contributed by atoms with Crippen molar-refractivity contribution in [3.05, 3.63) is 76.3 Å². The highest BCUT2D eigenvalue weighted by molar-refractivity contribution is 7.92. The Labute approximate surface area is 186 Å². The number of hydrogen-bond acceptors (Lipinski definition) is 4. The molecule has 11 heteroatoms. The smallest absolute Gasteiger partial charge is 0.341 e. The van der Waals surface area contributed by atoms with Gasteiger partial charge in [0.2, 0.25) is 0 Å². The van der Waals surface area contributed by atoms with E-state index in [2.05, 4.69) is 0 Å². The topological polar surface area (TPSA) is 92.7 Å².